The van der Waals surface area contributed by atoms with Gasteiger partial charge in [0.2, 0.25) is 0 Å². The molecule has 4 rings (SSSR count). The van der Waals surface area contributed by atoms with Crippen LogP contribution in [-0.4, -0.2) is 39.9 Å². The maximum atomic E-state index is 13.7. The molecule has 1 aromatic carbocycles. The van der Waals surface area contributed by atoms with Gasteiger partial charge in [0.1, 0.15) is 16.7 Å². The molecule has 1 aromatic heterocycles. The highest BCUT2D eigenvalue weighted by Crippen LogP contribution is 2.46. The highest BCUT2D eigenvalue weighted by atomic mass is 35.5. The number of alkyl halides is 3. The fraction of sp³-hybridized carbons (Fsp3) is 0.444. The topological polar surface area (TPSA) is 50.2 Å². The molecule has 1 fully saturated rings. The van der Waals surface area contributed by atoms with E-state index in [0.717, 1.165) is 17.5 Å². The zero-order chi connectivity index (χ0) is 20.1. The molecule has 1 saturated heterocycles. The van der Waals surface area contributed by atoms with E-state index in [0.29, 0.717) is 18.7 Å². The SMILES string of the molecule is O=C(c1nn2c(c1Cl)N[C@@H](c1ccc(F)cc1)C[C@@H]2C(F)(F)F)N1CCCC1. The normalized spacial score (nSPS) is 22.1. The van der Waals surface area contributed by atoms with Crippen molar-refractivity contribution in [3.05, 3.63) is 46.4 Å². The molecule has 3 heterocycles. The van der Waals surface area contributed by atoms with Crippen LogP contribution < -0.4 is 5.32 Å². The Balaban J connectivity index is 1.73. The molecule has 2 atom stereocenters. The molecular formula is C18H17ClF4N4O. The van der Waals surface area contributed by atoms with Gasteiger partial charge in [-0.15, -0.1) is 0 Å². The van der Waals surface area contributed by atoms with Gasteiger partial charge in [-0.05, 0) is 30.5 Å². The molecule has 1 amide bonds. The van der Waals surface area contributed by atoms with Crippen molar-refractivity contribution in [1.29, 1.82) is 0 Å². The zero-order valence-corrected chi connectivity index (χ0v) is 15.4. The number of hydrogen-bond donors (Lipinski definition) is 1. The number of carbonyl (C=O) groups is 1. The standard InChI is InChI=1S/C18H17ClF4N4O/c19-14-15(17(28)26-7-1-2-8-26)25-27-13(18(21,22)23)9-12(24-16(14)27)10-3-5-11(20)6-4-10/h3-6,12-13,24H,1-2,7-9H2/t12-,13-/m1/s1. The third-order valence-corrected chi connectivity index (χ3v) is 5.52. The summed E-state index contributed by atoms with van der Waals surface area (Å²) in [4.78, 5) is 14.2. The van der Waals surface area contributed by atoms with Gasteiger partial charge in [0.15, 0.2) is 11.7 Å². The molecule has 150 valence electrons. The third kappa shape index (κ3) is 3.32. The van der Waals surface area contributed by atoms with Crippen LogP contribution >= 0.6 is 11.6 Å². The van der Waals surface area contributed by atoms with Crippen LogP contribution in [0.15, 0.2) is 24.3 Å². The lowest BCUT2D eigenvalue weighted by atomic mass is 9.97. The van der Waals surface area contributed by atoms with Gasteiger partial charge in [-0.2, -0.15) is 18.3 Å². The van der Waals surface area contributed by atoms with Crippen LogP contribution in [0.2, 0.25) is 5.02 Å². The predicted molar refractivity (Wildman–Crippen MR) is 94.8 cm³/mol. The van der Waals surface area contributed by atoms with Gasteiger partial charge in [0, 0.05) is 19.5 Å². The van der Waals surface area contributed by atoms with Crippen LogP contribution in [0.3, 0.4) is 0 Å². The molecule has 5 nitrogen and oxygen atoms in total. The van der Waals surface area contributed by atoms with Crippen molar-refractivity contribution in [2.24, 2.45) is 0 Å². The highest BCUT2D eigenvalue weighted by Gasteiger charge is 2.48. The number of carbonyl (C=O) groups excluding carboxylic acids is 1. The molecule has 1 N–H and O–H groups in total. The average Bonchev–Trinajstić information content (AvgIpc) is 3.29. The third-order valence-electron chi connectivity index (χ3n) is 5.16. The smallest absolute Gasteiger partial charge is 0.362 e. The number of aromatic nitrogens is 2. The minimum atomic E-state index is -4.58. The molecule has 0 aliphatic carbocycles. The molecule has 2 aliphatic heterocycles. The first-order chi connectivity index (χ1) is 13.3. The fourth-order valence-electron chi connectivity index (χ4n) is 3.71. The van der Waals surface area contributed by atoms with E-state index in [1.807, 2.05) is 0 Å². The molecule has 0 unspecified atom stereocenters. The Kier molecular flexibility index (Phi) is 4.73. The summed E-state index contributed by atoms with van der Waals surface area (Å²) in [6, 6.07) is 2.54. The maximum Gasteiger partial charge on any atom is 0.410 e. The van der Waals surface area contributed by atoms with Gasteiger partial charge < -0.3 is 10.2 Å². The quantitative estimate of drug-likeness (QED) is 0.729. The van der Waals surface area contributed by atoms with Gasteiger partial charge in [0.05, 0.1) is 6.04 Å². The number of hydrogen-bond acceptors (Lipinski definition) is 3. The van der Waals surface area contributed by atoms with Crippen molar-refractivity contribution in [3.8, 4) is 0 Å². The van der Waals surface area contributed by atoms with Gasteiger partial charge in [-0.3, -0.25) is 4.79 Å². The number of anilines is 1. The van der Waals surface area contributed by atoms with Gasteiger partial charge in [-0.1, -0.05) is 23.7 Å². The lowest BCUT2D eigenvalue weighted by Crippen LogP contribution is -2.36. The summed E-state index contributed by atoms with van der Waals surface area (Å²) in [5.74, 6) is -0.994. The van der Waals surface area contributed by atoms with Crippen molar-refractivity contribution >= 4 is 23.3 Å². The van der Waals surface area contributed by atoms with E-state index in [-0.39, 0.29) is 23.0 Å². The summed E-state index contributed by atoms with van der Waals surface area (Å²) in [6.07, 6.45) is -3.25. The van der Waals surface area contributed by atoms with Crippen molar-refractivity contribution in [2.75, 3.05) is 18.4 Å². The number of nitrogens with one attached hydrogen (secondary N) is 1. The summed E-state index contributed by atoms with van der Waals surface area (Å²) in [5.41, 5.74) is 0.312. The number of fused-ring (bicyclic) bond motifs is 1. The van der Waals surface area contributed by atoms with E-state index in [9.17, 15) is 22.4 Å². The largest absolute Gasteiger partial charge is 0.410 e. The van der Waals surface area contributed by atoms with Gasteiger partial charge in [-0.25, -0.2) is 9.07 Å². The Hall–Kier alpha value is -2.29. The Labute approximate surface area is 163 Å². The van der Waals surface area contributed by atoms with E-state index in [1.54, 1.807) is 4.90 Å². The van der Waals surface area contributed by atoms with Gasteiger partial charge >= 0.3 is 6.18 Å². The first-order valence-electron chi connectivity index (χ1n) is 8.91. The lowest BCUT2D eigenvalue weighted by molar-refractivity contribution is -0.173. The van der Waals surface area contributed by atoms with E-state index in [1.165, 1.54) is 24.3 Å². The number of amides is 1. The lowest BCUT2D eigenvalue weighted by Gasteiger charge is -2.33. The van der Waals surface area contributed by atoms with E-state index in [4.69, 9.17) is 11.6 Å². The number of rotatable bonds is 2. The van der Waals surface area contributed by atoms with Crippen LogP contribution in [0.25, 0.3) is 0 Å². The van der Waals surface area contributed by atoms with Crippen LogP contribution in [0, 0.1) is 5.82 Å². The molecule has 10 heteroatoms. The Morgan fingerprint density at radius 2 is 1.82 bits per heavy atom. The fourth-order valence-corrected chi connectivity index (χ4v) is 3.97. The van der Waals surface area contributed by atoms with Crippen molar-refractivity contribution in [2.45, 2.75) is 37.5 Å². The average molecular weight is 417 g/mol. The van der Waals surface area contributed by atoms with Crippen LogP contribution in [0.4, 0.5) is 23.4 Å². The van der Waals surface area contributed by atoms with E-state index >= 15 is 0 Å². The minimum Gasteiger partial charge on any atom is -0.362 e. The monoisotopic (exact) mass is 416 g/mol. The summed E-state index contributed by atoms with van der Waals surface area (Å²) in [5, 5.41) is 6.75. The van der Waals surface area contributed by atoms with E-state index < -0.39 is 30.0 Å². The first kappa shape index (κ1) is 19.0. The summed E-state index contributed by atoms with van der Waals surface area (Å²) < 4.78 is 55.1. The van der Waals surface area contributed by atoms with Crippen LogP contribution in [0.1, 0.15) is 47.4 Å². The van der Waals surface area contributed by atoms with Crippen molar-refractivity contribution in [1.82, 2.24) is 14.7 Å². The van der Waals surface area contributed by atoms with E-state index in [2.05, 4.69) is 10.4 Å². The maximum absolute atomic E-state index is 13.7. The predicted octanol–water partition coefficient (Wildman–Crippen LogP) is 4.57. The molecule has 2 aromatic rings. The Morgan fingerprint density at radius 1 is 1.18 bits per heavy atom. The summed E-state index contributed by atoms with van der Waals surface area (Å²) in [6.45, 7) is 1.07. The molecule has 0 bridgehead atoms. The van der Waals surface area contributed by atoms with Gasteiger partial charge in [0.25, 0.3) is 5.91 Å². The summed E-state index contributed by atoms with van der Waals surface area (Å²) in [7, 11) is 0. The molecular weight excluding hydrogens is 400 g/mol. The molecule has 2 aliphatic rings. The van der Waals surface area contributed by atoms with Crippen molar-refractivity contribution < 1.29 is 22.4 Å². The first-order valence-corrected chi connectivity index (χ1v) is 9.29. The second-order valence-corrected chi connectivity index (χ2v) is 7.37. The van der Waals surface area contributed by atoms with Crippen LogP contribution in [0.5, 0.6) is 0 Å². The highest BCUT2D eigenvalue weighted by molar-refractivity contribution is 6.36. The molecule has 0 spiro atoms. The molecule has 0 saturated carbocycles. The number of benzene rings is 1. The second-order valence-electron chi connectivity index (χ2n) is 7.00. The summed E-state index contributed by atoms with van der Waals surface area (Å²) >= 11 is 6.29. The number of nitrogens with zero attached hydrogens (tertiary/aromatic N) is 3. The zero-order valence-electron chi connectivity index (χ0n) is 14.6. The second kappa shape index (κ2) is 6.95. The number of likely N-dealkylation sites (tertiary alicyclic amines) is 1. The molecule has 28 heavy (non-hydrogen) atoms. The molecule has 0 radical (unpaired) electrons. The van der Waals surface area contributed by atoms with Crippen LogP contribution in [-0.2, 0) is 0 Å². The number of halogens is 5. The van der Waals surface area contributed by atoms with Crippen molar-refractivity contribution in [3.63, 3.8) is 0 Å². The Morgan fingerprint density at radius 3 is 2.43 bits per heavy atom. The Bertz CT molecular complexity index is 890. The minimum absolute atomic E-state index is 0.0490.